The van der Waals surface area contributed by atoms with Crippen molar-refractivity contribution >= 4 is 28.5 Å². The molecule has 6 nitrogen and oxygen atoms in total. The fraction of sp³-hybridized carbons (Fsp3) is 0.333. The van der Waals surface area contributed by atoms with Crippen molar-refractivity contribution in [1.82, 2.24) is 25.5 Å². The van der Waals surface area contributed by atoms with E-state index in [1.54, 1.807) is 7.05 Å². The van der Waals surface area contributed by atoms with Gasteiger partial charge in [0.2, 0.25) is 0 Å². The normalized spacial score (nSPS) is 12.8. The van der Waals surface area contributed by atoms with Crippen molar-refractivity contribution in [1.29, 1.82) is 0 Å². The molecule has 1 amide bonds. The number of rotatable bonds is 1. The zero-order valence-corrected chi connectivity index (χ0v) is 12.7. The van der Waals surface area contributed by atoms with Gasteiger partial charge in [-0.1, -0.05) is 0 Å². The third-order valence-corrected chi connectivity index (χ3v) is 3.84. The first-order chi connectivity index (χ1) is 9.11. The summed E-state index contributed by atoms with van der Waals surface area (Å²) in [5, 5.41) is 9.71. The highest BCUT2D eigenvalue weighted by Crippen LogP contribution is 2.33. The van der Waals surface area contributed by atoms with Gasteiger partial charge in [-0.25, -0.2) is 9.97 Å². The Morgan fingerprint density at radius 1 is 1.26 bits per heavy atom. The van der Waals surface area contributed by atoms with Crippen LogP contribution in [-0.2, 0) is 12.8 Å². The smallest absolute Gasteiger partial charge is 0.269 e. The molecule has 0 unspecified atom stereocenters. The largest absolute Gasteiger partial charge is 0.354 e. The van der Waals surface area contributed by atoms with E-state index in [0.29, 0.717) is 9.53 Å². The molecule has 0 bridgehead atoms. The minimum Gasteiger partial charge on any atom is -0.354 e. The lowest BCUT2D eigenvalue weighted by Crippen LogP contribution is -2.20. The predicted molar refractivity (Wildman–Crippen MR) is 77.9 cm³/mol. The van der Waals surface area contributed by atoms with Gasteiger partial charge in [-0.3, -0.25) is 9.89 Å². The zero-order valence-electron chi connectivity index (χ0n) is 10.5. The minimum absolute atomic E-state index is 0.141. The number of aryl methyl sites for hydroxylation is 1. The first-order valence-corrected chi connectivity index (χ1v) is 7.02. The molecule has 0 fully saturated rings. The molecule has 0 aliphatic heterocycles. The monoisotopic (exact) mass is 369 g/mol. The Morgan fingerprint density at radius 2 is 2.00 bits per heavy atom. The SMILES string of the molecule is CNC(=O)c1[nH]nc2c1CCc1c(C)nc(I)nc1-2. The third kappa shape index (κ3) is 1.92. The van der Waals surface area contributed by atoms with Crippen LogP contribution in [0.5, 0.6) is 0 Å². The van der Waals surface area contributed by atoms with Crippen LogP contribution in [0.1, 0.15) is 27.3 Å². The molecule has 0 saturated carbocycles. The number of nitrogens with one attached hydrogen (secondary N) is 2. The van der Waals surface area contributed by atoms with E-state index in [1.807, 2.05) is 6.92 Å². The second-order valence-corrected chi connectivity index (χ2v) is 5.37. The average molecular weight is 369 g/mol. The highest BCUT2D eigenvalue weighted by Gasteiger charge is 2.27. The van der Waals surface area contributed by atoms with Crippen molar-refractivity contribution in [3.63, 3.8) is 0 Å². The van der Waals surface area contributed by atoms with Gasteiger partial charge in [-0.05, 0) is 19.8 Å². The molecule has 0 radical (unpaired) electrons. The van der Waals surface area contributed by atoms with Crippen LogP contribution in [-0.4, -0.2) is 33.1 Å². The van der Waals surface area contributed by atoms with Crippen LogP contribution in [0.3, 0.4) is 0 Å². The van der Waals surface area contributed by atoms with E-state index in [9.17, 15) is 4.79 Å². The Labute approximate surface area is 123 Å². The van der Waals surface area contributed by atoms with Gasteiger partial charge in [0.15, 0.2) is 3.83 Å². The van der Waals surface area contributed by atoms with E-state index in [0.717, 1.165) is 41.1 Å². The maximum Gasteiger partial charge on any atom is 0.269 e. The Bertz CT molecular complexity index is 679. The number of carbonyl (C=O) groups is 1. The summed E-state index contributed by atoms with van der Waals surface area (Å²) in [6, 6.07) is 0. The molecule has 19 heavy (non-hydrogen) atoms. The molecule has 0 spiro atoms. The molecule has 3 rings (SSSR count). The molecule has 2 N–H and O–H groups in total. The molecule has 1 aliphatic rings. The molecule has 1 aliphatic carbocycles. The maximum absolute atomic E-state index is 11.8. The average Bonchev–Trinajstić information content (AvgIpc) is 2.81. The van der Waals surface area contributed by atoms with Gasteiger partial charge in [0, 0.05) is 46.5 Å². The standard InChI is InChI=1S/C12H12IN5O/c1-5-6-3-4-7-9(8(6)16-12(13)15-5)17-18-10(7)11(19)14-2/h3-4H2,1-2H3,(H,14,19)(H,17,18). The Morgan fingerprint density at radius 3 is 2.74 bits per heavy atom. The van der Waals surface area contributed by atoms with Gasteiger partial charge >= 0.3 is 0 Å². The zero-order chi connectivity index (χ0) is 13.6. The number of H-pyrrole nitrogens is 1. The summed E-state index contributed by atoms with van der Waals surface area (Å²) < 4.78 is 0.700. The quantitative estimate of drug-likeness (QED) is 0.585. The number of aromatic nitrogens is 4. The molecule has 0 aromatic carbocycles. The van der Waals surface area contributed by atoms with Crippen LogP contribution in [0.25, 0.3) is 11.4 Å². The van der Waals surface area contributed by atoms with Crippen LogP contribution in [0.4, 0.5) is 0 Å². The van der Waals surface area contributed by atoms with Crippen LogP contribution in [0, 0.1) is 10.8 Å². The van der Waals surface area contributed by atoms with Crippen LogP contribution >= 0.6 is 22.6 Å². The number of hydrogen-bond acceptors (Lipinski definition) is 4. The van der Waals surface area contributed by atoms with Gasteiger partial charge < -0.3 is 5.32 Å². The van der Waals surface area contributed by atoms with Crippen molar-refractivity contribution in [2.24, 2.45) is 0 Å². The molecule has 98 valence electrons. The number of nitrogens with zero attached hydrogens (tertiary/aromatic N) is 3. The Balaban J connectivity index is 2.20. The first-order valence-electron chi connectivity index (χ1n) is 5.94. The van der Waals surface area contributed by atoms with Crippen molar-refractivity contribution < 1.29 is 4.79 Å². The summed E-state index contributed by atoms with van der Waals surface area (Å²) in [7, 11) is 1.61. The molecular weight excluding hydrogens is 357 g/mol. The minimum atomic E-state index is -0.141. The highest BCUT2D eigenvalue weighted by molar-refractivity contribution is 14.1. The lowest BCUT2D eigenvalue weighted by Gasteiger charge is -2.16. The number of amides is 1. The third-order valence-electron chi connectivity index (χ3n) is 3.36. The van der Waals surface area contributed by atoms with Crippen molar-refractivity contribution in [3.8, 4) is 11.4 Å². The summed E-state index contributed by atoms with van der Waals surface area (Å²) in [6.07, 6.45) is 1.63. The lowest BCUT2D eigenvalue weighted by molar-refractivity contribution is 0.0957. The lowest BCUT2D eigenvalue weighted by atomic mass is 9.91. The Hall–Kier alpha value is -1.51. The van der Waals surface area contributed by atoms with Gasteiger partial charge in [0.1, 0.15) is 11.4 Å². The van der Waals surface area contributed by atoms with E-state index in [2.05, 4.69) is 48.1 Å². The molecular formula is C12H12IN5O. The second kappa shape index (κ2) is 4.55. The van der Waals surface area contributed by atoms with Crippen LogP contribution < -0.4 is 5.32 Å². The van der Waals surface area contributed by atoms with Gasteiger partial charge in [0.05, 0.1) is 5.69 Å². The summed E-state index contributed by atoms with van der Waals surface area (Å²) in [5.74, 6) is -0.141. The summed E-state index contributed by atoms with van der Waals surface area (Å²) in [5.41, 5.74) is 5.23. The molecule has 7 heteroatoms. The van der Waals surface area contributed by atoms with Crippen molar-refractivity contribution in [2.75, 3.05) is 7.05 Å². The maximum atomic E-state index is 11.8. The molecule has 2 aromatic rings. The fourth-order valence-corrected chi connectivity index (χ4v) is 3.03. The molecule has 0 saturated heterocycles. The number of aromatic amines is 1. The molecule has 0 atom stereocenters. The fourth-order valence-electron chi connectivity index (χ4n) is 2.42. The van der Waals surface area contributed by atoms with E-state index >= 15 is 0 Å². The van der Waals surface area contributed by atoms with E-state index < -0.39 is 0 Å². The van der Waals surface area contributed by atoms with Crippen LogP contribution in [0.2, 0.25) is 0 Å². The second-order valence-electron chi connectivity index (χ2n) is 4.41. The van der Waals surface area contributed by atoms with Gasteiger partial charge in [0.25, 0.3) is 5.91 Å². The summed E-state index contributed by atoms with van der Waals surface area (Å²) in [4.78, 5) is 20.6. The summed E-state index contributed by atoms with van der Waals surface area (Å²) in [6.45, 7) is 1.99. The molecule has 2 aromatic heterocycles. The number of hydrogen-bond donors (Lipinski definition) is 2. The predicted octanol–water partition coefficient (Wildman–Crippen LogP) is 1.24. The van der Waals surface area contributed by atoms with E-state index in [1.165, 1.54) is 0 Å². The van der Waals surface area contributed by atoms with Gasteiger partial charge in [-0.2, -0.15) is 5.10 Å². The van der Waals surface area contributed by atoms with Crippen LogP contribution in [0.15, 0.2) is 0 Å². The van der Waals surface area contributed by atoms with Crippen molar-refractivity contribution in [2.45, 2.75) is 19.8 Å². The Kier molecular flexibility index (Phi) is 3.00. The summed E-state index contributed by atoms with van der Waals surface area (Å²) >= 11 is 2.10. The van der Waals surface area contributed by atoms with Gasteiger partial charge in [-0.15, -0.1) is 0 Å². The molecule has 2 heterocycles. The van der Waals surface area contributed by atoms with E-state index in [-0.39, 0.29) is 5.91 Å². The van der Waals surface area contributed by atoms with Crippen molar-refractivity contribution in [3.05, 3.63) is 26.3 Å². The highest BCUT2D eigenvalue weighted by atomic mass is 127. The van der Waals surface area contributed by atoms with E-state index in [4.69, 9.17) is 0 Å². The number of carbonyl (C=O) groups excluding carboxylic acids is 1. The topological polar surface area (TPSA) is 83.6 Å². The number of halogens is 1. The number of fused-ring (bicyclic) bond motifs is 3. The first kappa shape index (κ1) is 12.5.